The predicted octanol–water partition coefficient (Wildman–Crippen LogP) is -0.780. The van der Waals surface area contributed by atoms with Crippen LogP contribution in [0.15, 0.2) is 21.7 Å². The molecule has 2 N–H and O–H groups in total. The summed E-state index contributed by atoms with van der Waals surface area (Å²) in [5.74, 6) is 0. The molecule has 4 heteroatoms. The molecular weight excluding hydrogens is 180 g/mol. The Kier molecular flexibility index (Phi) is 3.23. The largest absolute Gasteiger partial charge is 0.316 e. The number of nitrogens with one attached hydrogen (secondary N) is 2. The predicted molar refractivity (Wildman–Crippen MR) is 56.4 cm³/mol. The molecule has 14 heavy (non-hydrogen) atoms. The number of allylic oxidation sites excluding steroid dienone is 2. The van der Waals surface area contributed by atoms with Crippen molar-refractivity contribution in [2.24, 2.45) is 0 Å². The molecule has 0 unspecified atom stereocenters. The van der Waals surface area contributed by atoms with Gasteiger partial charge in [0.2, 0.25) is 0 Å². The van der Waals surface area contributed by atoms with Crippen molar-refractivity contribution < 1.29 is 0 Å². The molecule has 1 heterocycles. The highest BCUT2D eigenvalue weighted by Crippen LogP contribution is 1.67. The Morgan fingerprint density at radius 1 is 1.00 bits per heavy atom. The van der Waals surface area contributed by atoms with Crippen LogP contribution in [0, 0.1) is 0 Å². The number of aromatic nitrogens is 2. The molecule has 1 aromatic rings. The second kappa shape index (κ2) is 4.41. The van der Waals surface area contributed by atoms with Crippen LogP contribution in [0.5, 0.6) is 0 Å². The van der Waals surface area contributed by atoms with Crippen LogP contribution >= 0.6 is 0 Å². The number of H-pyrrole nitrogens is 2. The molecule has 0 aliphatic carbocycles. The summed E-state index contributed by atoms with van der Waals surface area (Å²) in [7, 11) is 0. The molecule has 74 valence electrons. The van der Waals surface area contributed by atoms with Gasteiger partial charge in [-0.1, -0.05) is 18.2 Å². The summed E-state index contributed by atoms with van der Waals surface area (Å²) in [6.45, 7) is 3.52. The third kappa shape index (κ3) is 2.10. The van der Waals surface area contributed by atoms with E-state index in [-0.39, 0.29) is 21.8 Å². The minimum Gasteiger partial charge on any atom is -0.316 e. The zero-order chi connectivity index (χ0) is 10.6. The Labute approximate surface area is 80.3 Å². The smallest absolute Gasteiger partial charge is 0.272 e. The fourth-order valence-electron chi connectivity index (χ4n) is 1.01. The minimum atomic E-state index is -0.296. The molecule has 1 aromatic heterocycles. The molecule has 1 rings (SSSR count). The van der Waals surface area contributed by atoms with Crippen LogP contribution in [0.4, 0.5) is 0 Å². The van der Waals surface area contributed by atoms with E-state index in [0.717, 1.165) is 0 Å². The molecule has 0 fully saturated rings. The highest BCUT2D eigenvalue weighted by Gasteiger charge is 1.91. The van der Waals surface area contributed by atoms with E-state index in [9.17, 15) is 9.59 Å². The normalized spacial score (nSPS) is 14.1. The molecule has 0 radical (unpaired) electrons. The van der Waals surface area contributed by atoms with Crippen molar-refractivity contribution in [2.75, 3.05) is 0 Å². The summed E-state index contributed by atoms with van der Waals surface area (Å²) in [6.07, 6.45) is 6.58. The van der Waals surface area contributed by atoms with E-state index >= 15 is 0 Å². The van der Waals surface area contributed by atoms with Gasteiger partial charge in [-0.05, 0) is 19.9 Å². The van der Waals surface area contributed by atoms with Gasteiger partial charge >= 0.3 is 0 Å². The number of hydrogen-bond acceptors (Lipinski definition) is 2. The van der Waals surface area contributed by atoms with Gasteiger partial charge in [-0.2, -0.15) is 0 Å². The van der Waals surface area contributed by atoms with Gasteiger partial charge < -0.3 is 9.97 Å². The SMILES string of the molecule is C/C=C\C=c1\[nH]c(=O)/c(=C/C)[nH]c1=O. The second-order valence-electron chi connectivity index (χ2n) is 2.72. The highest BCUT2D eigenvalue weighted by molar-refractivity contribution is 5.32. The number of aromatic amines is 2. The van der Waals surface area contributed by atoms with Gasteiger partial charge in [0, 0.05) is 0 Å². The molecule has 0 saturated heterocycles. The minimum absolute atomic E-state index is 0.263. The van der Waals surface area contributed by atoms with E-state index in [1.165, 1.54) is 0 Å². The van der Waals surface area contributed by atoms with Crippen LogP contribution in [0.1, 0.15) is 13.8 Å². The summed E-state index contributed by atoms with van der Waals surface area (Å²) >= 11 is 0. The van der Waals surface area contributed by atoms with Gasteiger partial charge in [0.25, 0.3) is 11.1 Å². The van der Waals surface area contributed by atoms with Crippen LogP contribution in [-0.2, 0) is 0 Å². The van der Waals surface area contributed by atoms with Crippen LogP contribution in [-0.4, -0.2) is 9.97 Å². The van der Waals surface area contributed by atoms with Crippen LogP contribution in [0.25, 0.3) is 12.2 Å². The molecule has 0 spiro atoms. The van der Waals surface area contributed by atoms with Crippen LogP contribution in [0.2, 0.25) is 0 Å². The zero-order valence-corrected chi connectivity index (χ0v) is 8.13. The first kappa shape index (κ1) is 10.2. The van der Waals surface area contributed by atoms with Gasteiger partial charge in [-0.3, -0.25) is 9.59 Å². The van der Waals surface area contributed by atoms with Crippen molar-refractivity contribution in [3.63, 3.8) is 0 Å². The lowest BCUT2D eigenvalue weighted by Gasteiger charge is -1.86. The Bertz CT molecular complexity index is 561. The summed E-state index contributed by atoms with van der Waals surface area (Å²) in [5.41, 5.74) is -0.585. The average molecular weight is 192 g/mol. The van der Waals surface area contributed by atoms with Gasteiger partial charge in [0.05, 0.1) is 0 Å². The third-order valence-electron chi connectivity index (χ3n) is 1.73. The molecule has 0 bridgehead atoms. The molecule has 0 saturated carbocycles. The van der Waals surface area contributed by atoms with E-state index in [4.69, 9.17) is 0 Å². The molecule has 0 amide bonds. The first-order valence-corrected chi connectivity index (χ1v) is 4.31. The number of hydrogen-bond donors (Lipinski definition) is 2. The van der Waals surface area contributed by atoms with E-state index in [1.54, 1.807) is 31.2 Å². The maximum atomic E-state index is 11.3. The fourth-order valence-corrected chi connectivity index (χ4v) is 1.01. The first-order chi connectivity index (χ1) is 6.69. The number of rotatable bonds is 1. The van der Waals surface area contributed by atoms with Crippen molar-refractivity contribution in [2.45, 2.75) is 13.8 Å². The van der Waals surface area contributed by atoms with Gasteiger partial charge in [-0.15, -0.1) is 0 Å². The van der Waals surface area contributed by atoms with E-state index in [2.05, 4.69) is 9.97 Å². The Morgan fingerprint density at radius 3 is 2.14 bits per heavy atom. The maximum absolute atomic E-state index is 11.3. The van der Waals surface area contributed by atoms with E-state index in [0.29, 0.717) is 0 Å². The molecule has 0 aliphatic rings. The van der Waals surface area contributed by atoms with E-state index in [1.807, 2.05) is 6.92 Å². The van der Waals surface area contributed by atoms with Crippen molar-refractivity contribution in [3.05, 3.63) is 43.6 Å². The average Bonchev–Trinajstić information content (AvgIpc) is 2.18. The van der Waals surface area contributed by atoms with Crippen molar-refractivity contribution >= 4 is 12.2 Å². The highest BCUT2D eigenvalue weighted by atomic mass is 16.1. The van der Waals surface area contributed by atoms with E-state index < -0.39 is 0 Å². The summed E-state index contributed by atoms with van der Waals surface area (Å²) in [5, 5.41) is 0.548. The third-order valence-corrected chi connectivity index (χ3v) is 1.73. The molecule has 0 aliphatic heterocycles. The summed E-state index contributed by atoms with van der Waals surface area (Å²) in [4.78, 5) is 27.6. The fraction of sp³-hybridized carbons (Fsp3) is 0.200. The van der Waals surface area contributed by atoms with Crippen LogP contribution < -0.4 is 21.8 Å². The summed E-state index contributed by atoms with van der Waals surface area (Å²) < 4.78 is 0. The van der Waals surface area contributed by atoms with Crippen LogP contribution in [0.3, 0.4) is 0 Å². The standard InChI is InChI=1S/C10H12N2O2/c1-3-5-6-8-10(14)11-7(4-2)9(13)12-8/h3-6H,1-2H3,(H,11,14)(H,12,13)/b5-3-,7-4-,8-6+. The monoisotopic (exact) mass is 192 g/mol. The molecule has 4 nitrogen and oxygen atoms in total. The van der Waals surface area contributed by atoms with Crippen molar-refractivity contribution in [3.8, 4) is 0 Å². The molecule has 0 aromatic carbocycles. The lowest BCUT2D eigenvalue weighted by molar-refractivity contribution is 1.00. The zero-order valence-electron chi connectivity index (χ0n) is 8.13. The molecular formula is C10H12N2O2. The lowest BCUT2D eigenvalue weighted by Crippen LogP contribution is -2.46. The van der Waals surface area contributed by atoms with Crippen molar-refractivity contribution in [1.29, 1.82) is 0 Å². The first-order valence-electron chi connectivity index (χ1n) is 4.31. The lowest BCUT2D eigenvalue weighted by atomic mass is 10.4. The topological polar surface area (TPSA) is 65.7 Å². The quantitative estimate of drug-likeness (QED) is 0.613. The van der Waals surface area contributed by atoms with Gasteiger partial charge in [0.1, 0.15) is 10.7 Å². The van der Waals surface area contributed by atoms with Gasteiger partial charge in [-0.25, -0.2) is 0 Å². The Morgan fingerprint density at radius 2 is 1.57 bits per heavy atom. The Hall–Kier alpha value is -1.84. The summed E-state index contributed by atoms with van der Waals surface area (Å²) in [6, 6.07) is 0. The maximum Gasteiger partial charge on any atom is 0.272 e. The van der Waals surface area contributed by atoms with Crippen molar-refractivity contribution in [1.82, 2.24) is 9.97 Å². The van der Waals surface area contributed by atoms with Gasteiger partial charge in [0.15, 0.2) is 0 Å². The second-order valence-corrected chi connectivity index (χ2v) is 2.72. The molecule has 0 atom stereocenters. The Balaban J connectivity index is 3.62.